The van der Waals surface area contributed by atoms with Gasteiger partial charge in [-0.15, -0.1) is 11.3 Å². The Balaban J connectivity index is 1.87. The first-order valence-electron chi connectivity index (χ1n) is 10.3. The molecule has 1 atom stereocenters. The first kappa shape index (κ1) is 22.1. The van der Waals surface area contributed by atoms with Crippen molar-refractivity contribution in [1.29, 1.82) is 0 Å². The molecule has 1 N–H and O–H groups in total. The van der Waals surface area contributed by atoms with E-state index in [0.717, 1.165) is 16.9 Å². The lowest BCUT2D eigenvalue weighted by molar-refractivity contribution is -0.132. The molecule has 2 aromatic carbocycles. The van der Waals surface area contributed by atoms with Gasteiger partial charge in [0.15, 0.2) is 0 Å². The van der Waals surface area contributed by atoms with E-state index in [1.165, 1.54) is 16.2 Å². The number of anilines is 1. The summed E-state index contributed by atoms with van der Waals surface area (Å²) >= 11 is 7.60. The Morgan fingerprint density at radius 3 is 2.50 bits per heavy atom. The van der Waals surface area contributed by atoms with E-state index in [1.807, 2.05) is 48.7 Å². The zero-order valence-corrected chi connectivity index (χ0v) is 19.2. The van der Waals surface area contributed by atoms with Gasteiger partial charge in [-0.25, -0.2) is 0 Å². The number of amides is 1. The molecule has 0 spiro atoms. The number of ether oxygens (including phenoxy) is 1. The zero-order chi connectivity index (χ0) is 22.8. The molecule has 3 aromatic rings. The number of Topliss-reactive ketones (excluding diaryl/α,β-unsaturated/α-hetero) is 1. The van der Waals surface area contributed by atoms with Crippen molar-refractivity contribution in [1.82, 2.24) is 0 Å². The fourth-order valence-electron chi connectivity index (χ4n) is 3.78. The van der Waals surface area contributed by atoms with E-state index in [-0.39, 0.29) is 11.3 Å². The van der Waals surface area contributed by atoms with E-state index in [2.05, 4.69) is 6.92 Å². The highest BCUT2D eigenvalue weighted by atomic mass is 35.5. The van der Waals surface area contributed by atoms with Gasteiger partial charge in [0, 0.05) is 16.1 Å². The summed E-state index contributed by atoms with van der Waals surface area (Å²) in [5, 5.41) is 13.5. The molecule has 32 heavy (non-hydrogen) atoms. The van der Waals surface area contributed by atoms with Crippen LogP contribution < -0.4 is 9.64 Å². The number of nitrogens with zero attached hydrogens (tertiary/aromatic N) is 1. The Morgan fingerprint density at radius 2 is 1.88 bits per heavy atom. The number of carbonyl (C=O) groups is 2. The second-order valence-corrected chi connectivity index (χ2v) is 8.67. The van der Waals surface area contributed by atoms with Crippen LogP contribution in [0, 0.1) is 0 Å². The molecule has 4 rings (SSSR count). The highest BCUT2D eigenvalue weighted by Gasteiger charge is 2.47. The summed E-state index contributed by atoms with van der Waals surface area (Å²) in [6, 6.07) is 15.3. The van der Waals surface area contributed by atoms with Gasteiger partial charge in [0.2, 0.25) is 0 Å². The molecule has 0 bridgehead atoms. The molecular weight excluding hydrogens is 446 g/mol. The minimum absolute atomic E-state index is 0.0433. The number of ketones is 1. The van der Waals surface area contributed by atoms with Crippen molar-refractivity contribution < 1.29 is 19.4 Å². The fourth-order valence-corrected chi connectivity index (χ4v) is 4.78. The van der Waals surface area contributed by atoms with Gasteiger partial charge in [-0.05, 0) is 60.7 Å². The lowest BCUT2D eigenvalue weighted by atomic mass is 9.99. The SMILES string of the molecule is CCOc1cc(/C(O)=C2/C(=O)C(=O)N(c3ccc(CC)cc3)C2c2cccs2)ccc1Cl. The summed E-state index contributed by atoms with van der Waals surface area (Å²) in [7, 11) is 0. The van der Waals surface area contributed by atoms with E-state index in [0.29, 0.717) is 28.6 Å². The van der Waals surface area contributed by atoms with Gasteiger partial charge in [-0.3, -0.25) is 14.5 Å². The number of aliphatic hydroxyl groups excluding tert-OH is 1. The molecule has 1 aliphatic rings. The maximum absolute atomic E-state index is 13.1. The van der Waals surface area contributed by atoms with Crippen molar-refractivity contribution in [3.05, 3.63) is 86.6 Å². The van der Waals surface area contributed by atoms with Crippen LogP contribution in [0.1, 0.15) is 35.9 Å². The largest absolute Gasteiger partial charge is 0.507 e. The Kier molecular flexibility index (Phi) is 6.35. The maximum atomic E-state index is 13.1. The van der Waals surface area contributed by atoms with Crippen LogP contribution >= 0.6 is 22.9 Å². The molecular formula is C25H22ClNO4S. The molecule has 1 unspecified atom stereocenters. The topological polar surface area (TPSA) is 66.8 Å². The predicted octanol–water partition coefficient (Wildman–Crippen LogP) is 5.99. The Labute approximate surface area is 195 Å². The molecule has 2 heterocycles. The standard InChI is InChI=1S/C25H22ClNO4S/c1-3-15-7-10-17(11-8-15)27-22(20-6-5-13-32-20)21(24(29)25(27)30)23(28)16-9-12-18(26)19(14-16)31-4-2/h5-14,22,28H,3-4H2,1-2H3/b23-21-. The maximum Gasteiger partial charge on any atom is 0.300 e. The average Bonchev–Trinajstić information content (AvgIpc) is 3.42. The van der Waals surface area contributed by atoms with Gasteiger partial charge in [0.05, 0.1) is 17.2 Å². The molecule has 1 aliphatic heterocycles. The van der Waals surface area contributed by atoms with Crippen molar-refractivity contribution in [2.45, 2.75) is 26.3 Å². The Bertz CT molecular complexity index is 1190. The molecule has 1 amide bonds. The summed E-state index contributed by atoms with van der Waals surface area (Å²) in [5.74, 6) is -1.26. The fraction of sp³-hybridized carbons (Fsp3) is 0.200. The Morgan fingerprint density at radius 1 is 1.12 bits per heavy atom. The first-order valence-corrected chi connectivity index (χ1v) is 11.6. The highest BCUT2D eigenvalue weighted by molar-refractivity contribution is 7.10. The summed E-state index contributed by atoms with van der Waals surface area (Å²) in [5.41, 5.74) is 2.14. The molecule has 0 saturated carbocycles. The Hall–Kier alpha value is -3.09. The van der Waals surface area contributed by atoms with Crippen molar-refractivity contribution in [2.75, 3.05) is 11.5 Å². The lowest BCUT2D eigenvalue weighted by Crippen LogP contribution is -2.29. The molecule has 1 fully saturated rings. The summed E-state index contributed by atoms with van der Waals surface area (Å²) in [4.78, 5) is 28.5. The van der Waals surface area contributed by atoms with Gasteiger partial charge >= 0.3 is 0 Å². The number of carbonyl (C=O) groups excluding carboxylic acids is 2. The molecule has 7 heteroatoms. The third-order valence-corrected chi connectivity index (χ3v) is 6.62. The van der Waals surface area contributed by atoms with Gasteiger partial charge in [-0.2, -0.15) is 0 Å². The molecule has 0 aliphatic carbocycles. The third kappa shape index (κ3) is 3.92. The second-order valence-electron chi connectivity index (χ2n) is 7.28. The van der Waals surface area contributed by atoms with Crippen LogP contribution in [0.3, 0.4) is 0 Å². The van der Waals surface area contributed by atoms with Crippen LogP contribution in [0.15, 0.2) is 65.6 Å². The predicted molar refractivity (Wildman–Crippen MR) is 128 cm³/mol. The normalized spacial score (nSPS) is 17.7. The molecule has 1 saturated heterocycles. The third-order valence-electron chi connectivity index (χ3n) is 5.38. The minimum Gasteiger partial charge on any atom is -0.507 e. The molecule has 164 valence electrons. The monoisotopic (exact) mass is 467 g/mol. The number of aryl methyl sites for hydroxylation is 1. The van der Waals surface area contributed by atoms with Crippen LogP contribution in [-0.2, 0) is 16.0 Å². The van der Waals surface area contributed by atoms with E-state index < -0.39 is 17.7 Å². The highest BCUT2D eigenvalue weighted by Crippen LogP contribution is 2.44. The number of aliphatic hydroxyl groups is 1. The van der Waals surface area contributed by atoms with Gasteiger partial charge in [0.25, 0.3) is 11.7 Å². The number of hydrogen-bond acceptors (Lipinski definition) is 5. The van der Waals surface area contributed by atoms with E-state index in [1.54, 1.807) is 18.2 Å². The summed E-state index contributed by atoms with van der Waals surface area (Å²) < 4.78 is 5.52. The van der Waals surface area contributed by atoms with E-state index in [4.69, 9.17) is 16.3 Å². The van der Waals surface area contributed by atoms with Gasteiger partial charge in [0.1, 0.15) is 17.6 Å². The average molecular weight is 468 g/mol. The number of hydrogen-bond donors (Lipinski definition) is 1. The second kappa shape index (κ2) is 9.18. The van der Waals surface area contributed by atoms with Crippen LogP contribution in [0.5, 0.6) is 5.75 Å². The lowest BCUT2D eigenvalue weighted by Gasteiger charge is -2.24. The van der Waals surface area contributed by atoms with Crippen molar-refractivity contribution in [3.8, 4) is 5.75 Å². The van der Waals surface area contributed by atoms with Gasteiger partial charge < -0.3 is 9.84 Å². The van der Waals surface area contributed by atoms with Crippen molar-refractivity contribution in [3.63, 3.8) is 0 Å². The minimum atomic E-state index is -0.728. The zero-order valence-electron chi connectivity index (χ0n) is 17.7. The summed E-state index contributed by atoms with van der Waals surface area (Å²) in [6.07, 6.45) is 0.867. The number of rotatable bonds is 6. The van der Waals surface area contributed by atoms with E-state index in [9.17, 15) is 14.7 Å². The van der Waals surface area contributed by atoms with Crippen LogP contribution in [0.25, 0.3) is 5.76 Å². The number of halogens is 1. The number of thiophene rings is 1. The first-order chi connectivity index (χ1) is 15.5. The van der Waals surface area contributed by atoms with Crippen LogP contribution in [0.2, 0.25) is 5.02 Å². The van der Waals surface area contributed by atoms with Crippen LogP contribution in [0.4, 0.5) is 5.69 Å². The van der Waals surface area contributed by atoms with Crippen molar-refractivity contribution >= 4 is 46.1 Å². The van der Waals surface area contributed by atoms with Crippen molar-refractivity contribution in [2.24, 2.45) is 0 Å². The molecule has 5 nitrogen and oxygen atoms in total. The quantitative estimate of drug-likeness (QED) is 0.275. The van der Waals surface area contributed by atoms with Gasteiger partial charge in [-0.1, -0.05) is 36.7 Å². The number of benzene rings is 2. The smallest absolute Gasteiger partial charge is 0.300 e. The van der Waals surface area contributed by atoms with E-state index >= 15 is 0 Å². The van der Waals surface area contributed by atoms with Crippen LogP contribution in [-0.4, -0.2) is 23.4 Å². The molecule has 0 radical (unpaired) electrons. The molecule has 1 aromatic heterocycles. The summed E-state index contributed by atoms with van der Waals surface area (Å²) in [6.45, 7) is 4.28.